The average molecular weight is 262 g/mol. The molecule has 0 unspecified atom stereocenters. The van der Waals surface area contributed by atoms with Crippen LogP contribution in [0.1, 0.15) is 31.7 Å². The Balaban J connectivity index is 2.09. The molecule has 0 saturated heterocycles. The zero-order chi connectivity index (χ0) is 13.9. The molecular weight excluding hydrogens is 240 g/mol. The van der Waals surface area contributed by atoms with E-state index in [4.69, 9.17) is 0 Å². The molecule has 0 fully saturated rings. The van der Waals surface area contributed by atoms with Crippen LogP contribution in [0.5, 0.6) is 0 Å². The zero-order valence-corrected chi connectivity index (χ0v) is 11.4. The van der Waals surface area contributed by atoms with Gasteiger partial charge in [-0.15, -0.1) is 0 Å². The lowest BCUT2D eigenvalue weighted by Crippen LogP contribution is -2.35. The smallest absolute Gasteiger partial charge is 0.224 e. The minimum atomic E-state index is -0.0194. The number of benzene rings is 1. The van der Waals surface area contributed by atoms with E-state index < -0.39 is 0 Å². The Hall–Kier alpha value is -1.84. The van der Waals surface area contributed by atoms with Crippen LogP contribution in [0.25, 0.3) is 0 Å². The van der Waals surface area contributed by atoms with Gasteiger partial charge in [-0.1, -0.05) is 43.7 Å². The van der Waals surface area contributed by atoms with Crippen molar-refractivity contribution in [2.45, 2.75) is 32.6 Å². The number of hydrogen-bond donors (Lipinski definition) is 2. The van der Waals surface area contributed by atoms with Crippen molar-refractivity contribution >= 4 is 11.8 Å². The van der Waals surface area contributed by atoms with Crippen molar-refractivity contribution in [3.63, 3.8) is 0 Å². The molecule has 2 N–H and O–H groups in total. The molecular formula is C15H22N2O2. The highest BCUT2D eigenvalue weighted by atomic mass is 16.2. The number of rotatable bonds is 8. The van der Waals surface area contributed by atoms with Crippen molar-refractivity contribution < 1.29 is 9.59 Å². The van der Waals surface area contributed by atoms with E-state index in [1.54, 1.807) is 0 Å². The molecule has 104 valence electrons. The standard InChI is InChI=1S/C15H22N2O2/c1-2-3-9-14(18)16-10-11-17-15(19)12-13-7-5-4-6-8-13/h4-8H,2-3,9-12H2,1H3,(H,16,18)(H,17,19). The largest absolute Gasteiger partial charge is 0.354 e. The van der Waals surface area contributed by atoms with Gasteiger partial charge in [0.25, 0.3) is 0 Å². The molecule has 1 rings (SSSR count). The highest BCUT2D eigenvalue weighted by Gasteiger charge is 2.03. The fourth-order valence-corrected chi connectivity index (χ4v) is 1.67. The quantitative estimate of drug-likeness (QED) is 0.700. The van der Waals surface area contributed by atoms with E-state index in [9.17, 15) is 9.59 Å². The van der Waals surface area contributed by atoms with Gasteiger partial charge in [0.05, 0.1) is 6.42 Å². The highest BCUT2D eigenvalue weighted by Crippen LogP contribution is 1.98. The van der Waals surface area contributed by atoms with Crippen molar-refractivity contribution in [1.82, 2.24) is 10.6 Å². The van der Waals surface area contributed by atoms with Crippen LogP contribution in [0.3, 0.4) is 0 Å². The second-order valence-electron chi connectivity index (χ2n) is 4.47. The molecule has 0 aromatic heterocycles. The summed E-state index contributed by atoms with van der Waals surface area (Å²) in [6, 6.07) is 9.60. The van der Waals surface area contributed by atoms with E-state index in [0.29, 0.717) is 25.9 Å². The summed E-state index contributed by atoms with van der Waals surface area (Å²) in [5.74, 6) is 0.0353. The van der Waals surface area contributed by atoms with Gasteiger partial charge in [-0.3, -0.25) is 9.59 Å². The fraction of sp³-hybridized carbons (Fsp3) is 0.467. The van der Waals surface area contributed by atoms with Crippen LogP contribution in [0.4, 0.5) is 0 Å². The molecule has 0 aliphatic heterocycles. The first-order valence-electron chi connectivity index (χ1n) is 6.79. The number of hydrogen-bond acceptors (Lipinski definition) is 2. The first-order valence-corrected chi connectivity index (χ1v) is 6.79. The van der Waals surface area contributed by atoms with E-state index in [2.05, 4.69) is 17.6 Å². The predicted molar refractivity (Wildman–Crippen MR) is 75.7 cm³/mol. The first-order chi connectivity index (χ1) is 9.22. The Kier molecular flexibility index (Phi) is 7.32. The van der Waals surface area contributed by atoms with Crippen molar-refractivity contribution in [2.75, 3.05) is 13.1 Å². The van der Waals surface area contributed by atoms with Crippen LogP contribution in [0.2, 0.25) is 0 Å². The number of unbranched alkanes of at least 4 members (excludes halogenated alkanes) is 1. The van der Waals surface area contributed by atoms with E-state index >= 15 is 0 Å². The third kappa shape index (κ3) is 7.24. The van der Waals surface area contributed by atoms with E-state index in [-0.39, 0.29) is 11.8 Å². The predicted octanol–water partition coefficient (Wildman–Crippen LogP) is 1.65. The normalized spacial score (nSPS) is 9.95. The van der Waals surface area contributed by atoms with Crippen molar-refractivity contribution in [1.29, 1.82) is 0 Å². The molecule has 4 nitrogen and oxygen atoms in total. The summed E-state index contributed by atoms with van der Waals surface area (Å²) in [4.78, 5) is 22.9. The summed E-state index contributed by atoms with van der Waals surface area (Å²) in [5, 5.41) is 5.57. The van der Waals surface area contributed by atoms with Gasteiger partial charge in [-0.25, -0.2) is 0 Å². The Morgan fingerprint density at radius 2 is 1.63 bits per heavy atom. The van der Waals surface area contributed by atoms with Gasteiger partial charge in [-0.05, 0) is 12.0 Å². The Labute approximate surface area is 114 Å². The summed E-state index contributed by atoms with van der Waals surface area (Å²) < 4.78 is 0. The van der Waals surface area contributed by atoms with Crippen molar-refractivity contribution in [2.24, 2.45) is 0 Å². The third-order valence-electron chi connectivity index (χ3n) is 2.73. The van der Waals surface area contributed by atoms with Gasteiger partial charge >= 0.3 is 0 Å². The summed E-state index contributed by atoms with van der Waals surface area (Å²) in [5.41, 5.74) is 0.993. The maximum absolute atomic E-state index is 11.6. The minimum Gasteiger partial charge on any atom is -0.354 e. The fourth-order valence-electron chi connectivity index (χ4n) is 1.67. The monoisotopic (exact) mass is 262 g/mol. The lowest BCUT2D eigenvalue weighted by molar-refractivity contribution is -0.122. The molecule has 0 radical (unpaired) electrons. The van der Waals surface area contributed by atoms with Crippen LogP contribution < -0.4 is 10.6 Å². The van der Waals surface area contributed by atoms with Crippen LogP contribution in [-0.4, -0.2) is 24.9 Å². The summed E-state index contributed by atoms with van der Waals surface area (Å²) in [6.07, 6.45) is 2.87. The lowest BCUT2D eigenvalue weighted by atomic mass is 10.1. The van der Waals surface area contributed by atoms with Crippen LogP contribution in [0, 0.1) is 0 Å². The van der Waals surface area contributed by atoms with Gasteiger partial charge in [0.15, 0.2) is 0 Å². The molecule has 0 bridgehead atoms. The molecule has 4 heteroatoms. The van der Waals surface area contributed by atoms with Gasteiger partial charge in [-0.2, -0.15) is 0 Å². The Morgan fingerprint density at radius 1 is 1.00 bits per heavy atom. The molecule has 0 spiro atoms. The van der Waals surface area contributed by atoms with Crippen LogP contribution in [0.15, 0.2) is 30.3 Å². The van der Waals surface area contributed by atoms with Crippen molar-refractivity contribution in [3.05, 3.63) is 35.9 Å². The maximum Gasteiger partial charge on any atom is 0.224 e. The second kappa shape index (κ2) is 9.14. The molecule has 0 atom stereocenters. The number of nitrogens with one attached hydrogen (secondary N) is 2. The number of carbonyl (C=O) groups is 2. The van der Waals surface area contributed by atoms with E-state index in [0.717, 1.165) is 18.4 Å². The summed E-state index contributed by atoms with van der Waals surface area (Å²) in [7, 11) is 0. The Morgan fingerprint density at radius 3 is 2.26 bits per heavy atom. The molecule has 19 heavy (non-hydrogen) atoms. The van der Waals surface area contributed by atoms with E-state index in [1.807, 2.05) is 30.3 Å². The van der Waals surface area contributed by atoms with Crippen LogP contribution >= 0.6 is 0 Å². The summed E-state index contributed by atoms with van der Waals surface area (Å²) >= 11 is 0. The highest BCUT2D eigenvalue weighted by molar-refractivity contribution is 5.78. The molecule has 0 saturated carbocycles. The molecule has 0 aliphatic carbocycles. The third-order valence-corrected chi connectivity index (χ3v) is 2.73. The van der Waals surface area contributed by atoms with Crippen molar-refractivity contribution in [3.8, 4) is 0 Å². The van der Waals surface area contributed by atoms with Gasteiger partial charge in [0.2, 0.25) is 11.8 Å². The van der Waals surface area contributed by atoms with Gasteiger partial charge in [0, 0.05) is 19.5 Å². The minimum absolute atomic E-state index is 0.0194. The van der Waals surface area contributed by atoms with Gasteiger partial charge < -0.3 is 10.6 Å². The zero-order valence-electron chi connectivity index (χ0n) is 11.4. The molecule has 0 heterocycles. The molecule has 0 aliphatic rings. The van der Waals surface area contributed by atoms with Crippen LogP contribution in [-0.2, 0) is 16.0 Å². The first kappa shape index (κ1) is 15.2. The molecule has 2 amide bonds. The summed E-state index contributed by atoms with van der Waals surface area (Å²) in [6.45, 7) is 3.02. The van der Waals surface area contributed by atoms with E-state index in [1.165, 1.54) is 0 Å². The maximum atomic E-state index is 11.6. The van der Waals surface area contributed by atoms with Gasteiger partial charge in [0.1, 0.15) is 0 Å². The number of amides is 2. The molecule has 1 aromatic carbocycles. The Bertz CT molecular complexity index is 390. The number of carbonyl (C=O) groups excluding carboxylic acids is 2. The lowest BCUT2D eigenvalue weighted by Gasteiger charge is -2.07. The second-order valence-corrected chi connectivity index (χ2v) is 4.47. The average Bonchev–Trinajstić information content (AvgIpc) is 2.42. The SMILES string of the molecule is CCCCC(=O)NCCNC(=O)Cc1ccccc1. The topological polar surface area (TPSA) is 58.2 Å². The molecule has 1 aromatic rings.